The molecule has 2 aromatic heterocycles. The van der Waals surface area contributed by atoms with Crippen molar-refractivity contribution in [1.82, 2.24) is 19.3 Å². The van der Waals surface area contributed by atoms with Gasteiger partial charge in [0.05, 0.1) is 24.3 Å². The summed E-state index contributed by atoms with van der Waals surface area (Å²) < 4.78 is 16.7. The molecule has 0 unspecified atom stereocenters. The molecule has 0 amide bonds. The van der Waals surface area contributed by atoms with Crippen molar-refractivity contribution >= 4 is 17.0 Å². The average molecular weight is 420 g/mol. The first kappa shape index (κ1) is 20.8. The van der Waals surface area contributed by atoms with Crippen molar-refractivity contribution in [2.75, 3.05) is 5.32 Å². The molecule has 0 saturated carbocycles. The van der Waals surface area contributed by atoms with E-state index < -0.39 is 0 Å². The van der Waals surface area contributed by atoms with Crippen molar-refractivity contribution < 1.29 is 4.39 Å². The van der Waals surface area contributed by atoms with Crippen LogP contribution >= 0.6 is 0 Å². The Kier molecular flexibility index (Phi) is 5.35. The van der Waals surface area contributed by atoms with Gasteiger partial charge >= 0.3 is 0 Å². The number of hydrogen-bond acceptors (Lipinski definition) is 4. The Bertz CT molecular complexity index is 1250. The minimum absolute atomic E-state index is 0.154. The topological polar surface area (TPSA) is 64.7 Å². The lowest BCUT2D eigenvalue weighted by Crippen LogP contribution is -2.28. The fourth-order valence-electron chi connectivity index (χ4n) is 3.54. The smallest absolute Gasteiger partial charge is 0.266 e. The maximum Gasteiger partial charge on any atom is 0.266 e. The SMILES string of the molecule is C[C@H](Nc1nc2c(cnn2C(C)(C)C)c(=O)n1Cc1ccccc1)c1ccc(F)cc1. The van der Waals surface area contributed by atoms with E-state index in [-0.39, 0.29) is 23.0 Å². The second-order valence-electron chi connectivity index (χ2n) is 8.69. The van der Waals surface area contributed by atoms with Gasteiger partial charge in [0.15, 0.2) is 5.65 Å². The number of hydrogen-bond donors (Lipinski definition) is 1. The zero-order valence-corrected chi connectivity index (χ0v) is 18.1. The van der Waals surface area contributed by atoms with Gasteiger partial charge in [-0.15, -0.1) is 0 Å². The van der Waals surface area contributed by atoms with E-state index >= 15 is 0 Å². The first-order valence-corrected chi connectivity index (χ1v) is 10.3. The van der Waals surface area contributed by atoms with E-state index in [4.69, 9.17) is 4.98 Å². The molecule has 0 saturated heterocycles. The first-order valence-electron chi connectivity index (χ1n) is 10.3. The van der Waals surface area contributed by atoms with Crippen LogP contribution in [0, 0.1) is 5.82 Å². The molecule has 0 fully saturated rings. The summed E-state index contributed by atoms with van der Waals surface area (Å²) in [5.41, 5.74) is 1.94. The highest BCUT2D eigenvalue weighted by Crippen LogP contribution is 2.23. The summed E-state index contributed by atoms with van der Waals surface area (Å²) in [5, 5.41) is 8.27. The van der Waals surface area contributed by atoms with Gasteiger partial charge in [-0.1, -0.05) is 42.5 Å². The van der Waals surface area contributed by atoms with E-state index in [1.54, 1.807) is 27.6 Å². The standard InChI is InChI=1S/C24H26FN5O/c1-16(18-10-12-19(25)13-11-18)27-23-28-21-20(14-26-30(21)24(2,3)4)22(31)29(23)15-17-8-6-5-7-9-17/h5-14,16H,15H2,1-4H3,(H,27,28)/t16-/m0/s1. The fourth-order valence-corrected chi connectivity index (χ4v) is 3.54. The minimum atomic E-state index is -0.327. The molecule has 4 aromatic rings. The molecule has 1 N–H and O–H groups in total. The molecule has 0 spiro atoms. The van der Waals surface area contributed by atoms with Crippen LogP contribution in [-0.4, -0.2) is 19.3 Å². The van der Waals surface area contributed by atoms with Gasteiger partial charge in [0, 0.05) is 0 Å². The van der Waals surface area contributed by atoms with E-state index in [0.717, 1.165) is 11.1 Å². The van der Waals surface area contributed by atoms with Crippen LogP contribution in [0.2, 0.25) is 0 Å². The minimum Gasteiger partial charge on any atom is -0.349 e. The van der Waals surface area contributed by atoms with E-state index in [1.807, 2.05) is 58.0 Å². The summed E-state index contributed by atoms with van der Waals surface area (Å²) in [6.45, 7) is 8.39. The summed E-state index contributed by atoms with van der Waals surface area (Å²) in [4.78, 5) is 18.3. The van der Waals surface area contributed by atoms with Crippen LogP contribution in [0.1, 0.15) is 44.9 Å². The van der Waals surface area contributed by atoms with Crippen LogP contribution in [-0.2, 0) is 12.1 Å². The zero-order valence-electron chi connectivity index (χ0n) is 18.1. The highest BCUT2D eigenvalue weighted by atomic mass is 19.1. The average Bonchev–Trinajstić information content (AvgIpc) is 3.17. The molecular formula is C24H26FN5O. The van der Waals surface area contributed by atoms with E-state index in [2.05, 4.69) is 10.4 Å². The second-order valence-corrected chi connectivity index (χ2v) is 8.69. The predicted molar refractivity (Wildman–Crippen MR) is 121 cm³/mol. The normalized spacial score (nSPS) is 12.8. The molecule has 2 heterocycles. The van der Waals surface area contributed by atoms with Gasteiger partial charge in [-0.2, -0.15) is 10.1 Å². The molecule has 0 radical (unpaired) electrons. The Labute approximate surface area is 180 Å². The lowest BCUT2D eigenvalue weighted by Gasteiger charge is -2.22. The van der Waals surface area contributed by atoms with Gasteiger partial charge in [-0.25, -0.2) is 9.07 Å². The Morgan fingerprint density at radius 2 is 1.74 bits per heavy atom. The van der Waals surface area contributed by atoms with Crippen LogP contribution in [0.3, 0.4) is 0 Å². The summed E-state index contributed by atoms with van der Waals surface area (Å²) in [6, 6.07) is 15.9. The van der Waals surface area contributed by atoms with Crippen LogP contribution in [0.15, 0.2) is 65.6 Å². The van der Waals surface area contributed by atoms with E-state index in [9.17, 15) is 9.18 Å². The number of rotatable bonds is 5. The number of fused-ring (bicyclic) bond motifs is 1. The quantitative estimate of drug-likeness (QED) is 0.509. The van der Waals surface area contributed by atoms with Gasteiger partial charge in [0.2, 0.25) is 5.95 Å². The van der Waals surface area contributed by atoms with Crippen molar-refractivity contribution in [2.24, 2.45) is 0 Å². The Morgan fingerprint density at radius 1 is 1.06 bits per heavy atom. The molecule has 0 aliphatic carbocycles. The summed E-state index contributed by atoms with van der Waals surface area (Å²) in [5.74, 6) is 0.162. The molecule has 4 rings (SSSR count). The zero-order chi connectivity index (χ0) is 22.2. The van der Waals surface area contributed by atoms with Gasteiger partial charge in [0.25, 0.3) is 5.56 Å². The van der Waals surface area contributed by atoms with Crippen molar-refractivity contribution in [1.29, 1.82) is 0 Å². The van der Waals surface area contributed by atoms with Crippen LogP contribution < -0.4 is 10.9 Å². The second kappa shape index (κ2) is 7.98. The molecule has 2 aromatic carbocycles. The Morgan fingerprint density at radius 3 is 2.39 bits per heavy atom. The highest BCUT2D eigenvalue weighted by Gasteiger charge is 2.22. The van der Waals surface area contributed by atoms with Crippen molar-refractivity contribution in [3.05, 3.63) is 88.1 Å². The van der Waals surface area contributed by atoms with E-state index in [1.165, 1.54) is 12.1 Å². The third kappa shape index (κ3) is 4.21. The number of nitrogens with zero attached hydrogens (tertiary/aromatic N) is 4. The maximum atomic E-state index is 13.4. The Hall–Kier alpha value is -3.48. The van der Waals surface area contributed by atoms with Crippen LogP contribution in [0.5, 0.6) is 0 Å². The molecule has 0 aliphatic rings. The van der Waals surface area contributed by atoms with Crippen molar-refractivity contribution in [3.63, 3.8) is 0 Å². The van der Waals surface area contributed by atoms with Gasteiger partial charge in [-0.05, 0) is 51.0 Å². The summed E-state index contributed by atoms with van der Waals surface area (Å²) in [7, 11) is 0. The fraction of sp³-hybridized carbons (Fsp3) is 0.292. The van der Waals surface area contributed by atoms with Crippen molar-refractivity contribution in [2.45, 2.75) is 45.8 Å². The van der Waals surface area contributed by atoms with Gasteiger partial charge < -0.3 is 5.32 Å². The molecule has 7 heteroatoms. The van der Waals surface area contributed by atoms with E-state index in [0.29, 0.717) is 23.5 Å². The van der Waals surface area contributed by atoms with Gasteiger partial charge in [0.1, 0.15) is 11.2 Å². The molecule has 0 bridgehead atoms. The molecular weight excluding hydrogens is 393 g/mol. The lowest BCUT2D eigenvalue weighted by atomic mass is 10.1. The predicted octanol–water partition coefficient (Wildman–Crippen LogP) is 4.71. The highest BCUT2D eigenvalue weighted by molar-refractivity contribution is 5.75. The third-order valence-corrected chi connectivity index (χ3v) is 5.22. The first-order chi connectivity index (χ1) is 14.7. The van der Waals surface area contributed by atoms with Crippen LogP contribution in [0.4, 0.5) is 10.3 Å². The third-order valence-electron chi connectivity index (χ3n) is 5.22. The lowest BCUT2D eigenvalue weighted by molar-refractivity contribution is 0.366. The molecule has 0 aliphatic heterocycles. The number of halogens is 1. The maximum absolute atomic E-state index is 13.4. The molecule has 31 heavy (non-hydrogen) atoms. The number of benzene rings is 2. The monoisotopic (exact) mass is 419 g/mol. The molecule has 1 atom stereocenters. The number of aromatic nitrogens is 4. The van der Waals surface area contributed by atoms with Crippen molar-refractivity contribution in [3.8, 4) is 0 Å². The summed E-state index contributed by atoms with van der Waals surface area (Å²) >= 11 is 0. The Balaban J connectivity index is 1.84. The number of anilines is 1. The van der Waals surface area contributed by atoms with Gasteiger partial charge in [-0.3, -0.25) is 9.36 Å². The summed E-state index contributed by atoms with van der Waals surface area (Å²) in [6.07, 6.45) is 1.59. The number of nitrogens with one attached hydrogen (secondary N) is 1. The van der Waals surface area contributed by atoms with Crippen LogP contribution in [0.25, 0.3) is 11.0 Å². The molecule has 160 valence electrons. The largest absolute Gasteiger partial charge is 0.349 e. The molecule has 6 nitrogen and oxygen atoms in total.